The van der Waals surface area contributed by atoms with Crippen molar-refractivity contribution < 1.29 is 4.79 Å². The number of rotatable bonds is 5. The van der Waals surface area contributed by atoms with Crippen molar-refractivity contribution in [2.45, 2.75) is 45.7 Å². The Bertz CT molecular complexity index is 260. The molecule has 0 aliphatic rings. The summed E-state index contributed by atoms with van der Waals surface area (Å²) in [6.45, 7) is 8.47. The van der Waals surface area contributed by atoms with Gasteiger partial charge in [0.05, 0.1) is 11.0 Å². The molecule has 0 rings (SSSR count). The molecule has 1 unspecified atom stereocenters. The average molecular weight is 245 g/mol. The van der Waals surface area contributed by atoms with E-state index in [4.69, 9.17) is 18.0 Å². The topological polar surface area (TPSA) is 58.4 Å². The third kappa shape index (κ3) is 6.74. The molecule has 16 heavy (non-hydrogen) atoms. The molecule has 0 fully saturated rings. The summed E-state index contributed by atoms with van der Waals surface area (Å²) >= 11 is 4.80. The monoisotopic (exact) mass is 245 g/mol. The average Bonchev–Trinajstić information content (AvgIpc) is 2.10. The minimum absolute atomic E-state index is 0.0259. The normalized spacial score (nSPS) is 13.6. The van der Waals surface area contributed by atoms with Gasteiger partial charge in [-0.25, -0.2) is 0 Å². The lowest BCUT2D eigenvalue weighted by Crippen LogP contribution is -2.50. The Morgan fingerprint density at radius 2 is 2.00 bits per heavy atom. The van der Waals surface area contributed by atoms with Gasteiger partial charge in [-0.2, -0.15) is 0 Å². The third-order valence-electron chi connectivity index (χ3n) is 2.25. The van der Waals surface area contributed by atoms with Crippen LogP contribution in [0.25, 0.3) is 0 Å². The van der Waals surface area contributed by atoms with Crippen molar-refractivity contribution >= 4 is 23.1 Å². The summed E-state index contributed by atoms with van der Waals surface area (Å²) in [5.74, 6) is 0.0259. The Morgan fingerprint density at radius 3 is 2.38 bits per heavy atom. The predicted molar refractivity (Wildman–Crippen MR) is 71.4 cm³/mol. The van der Waals surface area contributed by atoms with Crippen molar-refractivity contribution in [2.75, 3.05) is 13.6 Å². The van der Waals surface area contributed by atoms with E-state index in [0.717, 1.165) is 0 Å². The summed E-state index contributed by atoms with van der Waals surface area (Å²) in [4.78, 5) is 14.3. The van der Waals surface area contributed by atoms with Gasteiger partial charge in [-0.1, -0.05) is 12.2 Å². The number of carbonyl (C=O) groups is 1. The van der Waals surface area contributed by atoms with E-state index in [1.165, 1.54) is 0 Å². The van der Waals surface area contributed by atoms with Crippen LogP contribution in [-0.4, -0.2) is 41.0 Å². The molecule has 1 amide bonds. The largest absolute Gasteiger partial charge is 0.393 e. The van der Waals surface area contributed by atoms with Gasteiger partial charge >= 0.3 is 0 Å². The fourth-order valence-electron chi connectivity index (χ4n) is 1.15. The maximum absolute atomic E-state index is 11.8. The van der Waals surface area contributed by atoms with Crippen LogP contribution in [0.4, 0.5) is 0 Å². The van der Waals surface area contributed by atoms with E-state index < -0.39 is 0 Å². The summed E-state index contributed by atoms with van der Waals surface area (Å²) in [5, 5.41) is 2.94. The summed E-state index contributed by atoms with van der Waals surface area (Å²) in [6.07, 6.45) is 0.638. The minimum atomic E-state index is -0.199. The van der Waals surface area contributed by atoms with Crippen LogP contribution in [-0.2, 0) is 4.79 Å². The highest BCUT2D eigenvalue weighted by molar-refractivity contribution is 7.80. The Hall–Kier alpha value is -0.680. The fourth-order valence-corrected chi connectivity index (χ4v) is 1.25. The van der Waals surface area contributed by atoms with Gasteiger partial charge in [0.2, 0.25) is 5.91 Å². The number of nitrogens with zero attached hydrogens (tertiary/aromatic N) is 1. The van der Waals surface area contributed by atoms with Crippen LogP contribution in [0.2, 0.25) is 0 Å². The lowest BCUT2D eigenvalue weighted by atomic mass is 10.1. The van der Waals surface area contributed by atoms with Crippen LogP contribution < -0.4 is 11.1 Å². The Balaban J connectivity index is 4.16. The molecule has 0 saturated carbocycles. The summed E-state index contributed by atoms with van der Waals surface area (Å²) in [7, 11) is 1.89. The van der Waals surface area contributed by atoms with Gasteiger partial charge in [0.1, 0.15) is 0 Å². The first kappa shape index (κ1) is 15.3. The second-order valence-corrected chi connectivity index (χ2v) is 5.64. The molecule has 3 N–H and O–H groups in total. The summed E-state index contributed by atoms with van der Waals surface area (Å²) in [6, 6.07) is -0.173. The van der Waals surface area contributed by atoms with Crippen molar-refractivity contribution in [3.63, 3.8) is 0 Å². The van der Waals surface area contributed by atoms with Crippen molar-refractivity contribution in [2.24, 2.45) is 5.73 Å². The molecule has 0 aromatic carbocycles. The molecular formula is C11H23N3OS. The van der Waals surface area contributed by atoms with Crippen molar-refractivity contribution in [3.05, 3.63) is 0 Å². The quantitative estimate of drug-likeness (QED) is 0.707. The van der Waals surface area contributed by atoms with E-state index >= 15 is 0 Å². The predicted octanol–water partition coefficient (Wildman–Crippen LogP) is 0.898. The van der Waals surface area contributed by atoms with Gasteiger partial charge in [0, 0.05) is 18.5 Å². The highest BCUT2D eigenvalue weighted by Gasteiger charge is 2.21. The zero-order valence-corrected chi connectivity index (χ0v) is 11.6. The zero-order chi connectivity index (χ0) is 12.9. The molecule has 94 valence electrons. The van der Waals surface area contributed by atoms with E-state index in [9.17, 15) is 4.79 Å². The second kappa shape index (κ2) is 6.15. The number of thiocarbonyl (C=S) groups is 1. The minimum Gasteiger partial charge on any atom is -0.393 e. The van der Waals surface area contributed by atoms with Gasteiger partial charge in [0.25, 0.3) is 0 Å². The van der Waals surface area contributed by atoms with Crippen LogP contribution in [0.1, 0.15) is 34.1 Å². The lowest BCUT2D eigenvalue weighted by Gasteiger charge is -2.28. The van der Waals surface area contributed by atoms with E-state index in [1.54, 1.807) is 0 Å². The van der Waals surface area contributed by atoms with Gasteiger partial charge < -0.3 is 11.1 Å². The van der Waals surface area contributed by atoms with Gasteiger partial charge in [-0.15, -0.1) is 0 Å². The molecule has 1 atom stereocenters. The summed E-state index contributed by atoms with van der Waals surface area (Å²) < 4.78 is 0. The Kier molecular flexibility index (Phi) is 5.89. The number of nitrogens with two attached hydrogens (primary N) is 1. The number of likely N-dealkylation sites (N-methyl/N-ethyl adjacent to an activating group) is 1. The first-order chi connectivity index (χ1) is 7.13. The van der Waals surface area contributed by atoms with Gasteiger partial charge in [-0.05, 0) is 34.7 Å². The van der Waals surface area contributed by atoms with E-state index in [0.29, 0.717) is 18.0 Å². The zero-order valence-electron chi connectivity index (χ0n) is 10.8. The SMILES string of the molecule is CC(C(=O)NC(C)(C)C)N(C)CCC(N)=S. The fraction of sp³-hybridized carbons (Fsp3) is 0.818. The van der Waals surface area contributed by atoms with Crippen LogP contribution in [0.3, 0.4) is 0 Å². The van der Waals surface area contributed by atoms with Gasteiger partial charge in [0.15, 0.2) is 0 Å². The smallest absolute Gasteiger partial charge is 0.237 e. The van der Waals surface area contributed by atoms with E-state index in [-0.39, 0.29) is 17.5 Å². The van der Waals surface area contributed by atoms with Gasteiger partial charge in [-0.3, -0.25) is 9.69 Å². The Labute approximate surface area is 104 Å². The highest BCUT2D eigenvalue weighted by atomic mass is 32.1. The van der Waals surface area contributed by atoms with Crippen LogP contribution in [0, 0.1) is 0 Å². The molecule has 5 heteroatoms. The van der Waals surface area contributed by atoms with Crippen molar-refractivity contribution in [3.8, 4) is 0 Å². The van der Waals surface area contributed by atoms with Crippen molar-refractivity contribution in [1.29, 1.82) is 0 Å². The molecule has 4 nitrogen and oxygen atoms in total. The van der Waals surface area contributed by atoms with Crippen molar-refractivity contribution in [1.82, 2.24) is 10.2 Å². The number of amides is 1. The van der Waals surface area contributed by atoms with E-state index in [2.05, 4.69) is 5.32 Å². The number of carbonyl (C=O) groups excluding carboxylic acids is 1. The molecule has 0 saturated heterocycles. The first-order valence-corrected chi connectivity index (χ1v) is 5.85. The standard InChI is InChI=1S/C11H23N3OS/c1-8(10(15)13-11(2,3)4)14(5)7-6-9(12)16/h8H,6-7H2,1-5H3,(H2,12,16)(H,13,15). The summed E-state index contributed by atoms with van der Waals surface area (Å²) in [5.41, 5.74) is 5.22. The number of hydrogen-bond donors (Lipinski definition) is 2. The molecule has 0 aliphatic carbocycles. The van der Waals surface area contributed by atoms with Crippen LogP contribution >= 0.6 is 12.2 Å². The van der Waals surface area contributed by atoms with E-state index in [1.807, 2.05) is 39.6 Å². The molecule has 0 bridgehead atoms. The lowest BCUT2D eigenvalue weighted by molar-refractivity contribution is -0.126. The molecule has 0 aromatic rings. The maximum atomic E-state index is 11.8. The third-order valence-corrected chi connectivity index (χ3v) is 2.45. The number of hydrogen-bond acceptors (Lipinski definition) is 3. The van der Waals surface area contributed by atoms with Crippen LogP contribution in [0.5, 0.6) is 0 Å². The number of nitrogens with one attached hydrogen (secondary N) is 1. The molecule has 0 aromatic heterocycles. The molecular weight excluding hydrogens is 222 g/mol. The Morgan fingerprint density at radius 1 is 1.50 bits per heavy atom. The first-order valence-electron chi connectivity index (χ1n) is 5.44. The second-order valence-electron chi connectivity index (χ2n) is 5.11. The molecule has 0 spiro atoms. The highest BCUT2D eigenvalue weighted by Crippen LogP contribution is 2.03. The van der Waals surface area contributed by atoms with Crippen LogP contribution in [0.15, 0.2) is 0 Å². The molecule has 0 aliphatic heterocycles. The molecule has 0 radical (unpaired) electrons. The maximum Gasteiger partial charge on any atom is 0.237 e. The molecule has 0 heterocycles.